The van der Waals surface area contributed by atoms with Crippen molar-refractivity contribution in [1.82, 2.24) is 0 Å². The number of unbranched alkanes of at least 4 members (excludes halogenated alkanes) is 5. The summed E-state index contributed by atoms with van der Waals surface area (Å²) in [6.45, 7) is 9.72. The van der Waals surface area contributed by atoms with E-state index < -0.39 is 40.3 Å². The lowest BCUT2D eigenvalue weighted by molar-refractivity contribution is -0.101. The van der Waals surface area contributed by atoms with Crippen molar-refractivity contribution in [2.75, 3.05) is 0 Å². The molecule has 174 valence electrons. The van der Waals surface area contributed by atoms with E-state index >= 15 is 0 Å². The van der Waals surface area contributed by atoms with Crippen molar-refractivity contribution in [3.63, 3.8) is 0 Å². The third kappa shape index (κ3) is 6.18. The SMILES string of the molecule is CCCCCCCCC(CCc1c(F)c(F)c(F)c(F)c1F)C(O)(C(C)C)C(C)C. The Bertz CT molecular complexity index is 635. The molecule has 0 heterocycles. The van der Waals surface area contributed by atoms with Crippen molar-refractivity contribution < 1.29 is 27.1 Å². The Morgan fingerprint density at radius 3 is 1.57 bits per heavy atom. The van der Waals surface area contributed by atoms with Crippen LogP contribution in [0.5, 0.6) is 0 Å². The lowest BCUT2D eigenvalue weighted by atomic mass is 9.67. The van der Waals surface area contributed by atoms with E-state index in [0.29, 0.717) is 6.42 Å². The van der Waals surface area contributed by atoms with Crippen LogP contribution in [0.25, 0.3) is 0 Å². The minimum atomic E-state index is -2.14. The van der Waals surface area contributed by atoms with E-state index in [9.17, 15) is 27.1 Å². The quantitative estimate of drug-likeness (QED) is 0.145. The first kappa shape index (κ1) is 26.9. The van der Waals surface area contributed by atoms with Gasteiger partial charge in [-0.05, 0) is 37.0 Å². The van der Waals surface area contributed by atoms with Gasteiger partial charge in [0.2, 0.25) is 5.82 Å². The zero-order chi connectivity index (χ0) is 23.1. The highest BCUT2D eigenvalue weighted by molar-refractivity contribution is 5.24. The van der Waals surface area contributed by atoms with Crippen molar-refractivity contribution in [3.05, 3.63) is 34.6 Å². The Morgan fingerprint density at radius 2 is 1.10 bits per heavy atom. The fourth-order valence-corrected chi connectivity index (χ4v) is 4.58. The van der Waals surface area contributed by atoms with Crippen LogP contribution in [0.1, 0.15) is 91.5 Å². The van der Waals surface area contributed by atoms with Gasteiger partial charge in [0, 0.05) is 5.56 Å². The average molecular weight is 437 g/mol. The number of hydrogen-bond acceptors (Lipinski definition) is 1. The van der Waals surface area contributed by atoms with Crippen LogP contribution in [0.2, 0.25) is 0 Å². The molecule has 0 amide bonds. The van der Waals surface area contributed by atoms with Crippen LogP contribution in [-0.2, 0) is 6.42 Å². The van der Waals surface area contributed by atoms with E-state index in [1.54, 1.807) is 0 Å². The summed E-state index contributed by atoms with van der Waals surface area (Å²) in [6.07, 6.45) is 6.88. The van der Waals surface area contributed by atoms with Gasteiger partial charge in [-0.25, -0.2) is 22.0 Å². The maximum atomic E-state index is 14.1. The number of benzene rings is 1. The zero-order valence-electron chi connectivity index (χ0n) is 18.9. The molecule has 0 aliphatic rings. The maximum absolute atomic E-state index is 14.1. The van der Waals surface area contributed by atoms with Gasteiger partial charge in [0.1, 0.15) is 0 Å². The minimum Gasteiger partial charge on any atom is -0.389 e. The summed E-state index contributed by atoms with van der Waals surface area (Å²) in [7, 11) is 0. The number of hydrogen-bond donors (Lipinski definition) is 1. The molecule has 0 spiro atoms. The maximum Gasteiger partial charge on any atom is 0.200 e. The molecule has 0 fully saturated rings. The fraction of sp³-hybridized carbons (Fsp3) is 0.750. The van der Waals surface area contributed by atoms with Crippen molar-refractivity contribution >= 4 is 0 Å². The molecule has 0 bridgehead atoms. The molecule has 0 saturated carbocycles. The predicted octanol–water partition coefficient (Wildman–Crippen LogP) is 7.72. The van der Waals surface area contributed by atoms with Gasteiger partial charge in [-0.15, -0.1) is 0 Å². The second-order valence-corrected chi connectivity index (χ2v) is 9.04. The minimum absolute atomic E-state index is 0.112. The Morgan fingerprint density at radius 1 is 0.667 bits per heavy atom. The molecule has 0 saturated heterocycles. The first-order valence-electron chi connectivity index (χ1n) is 11.2. The summed E-state index contributed by atoms with van der Waals surface area (Å²) in [4.78, 5) is 0. The van der Waals surface area contributed by atoms with Crippen molar-refractivity contribution in [1.29, 1.82) is 0 Å². The second-order valence-electron chi connectivity index (χ2n) is 9.04. The molecular weight excluding hydrogens is 399 g/mol. The van der Waals surface area contributed by atoms with Crippen LogP contribution in [-0.4, -0.2) is 10.7 Å². The molecule has 1 N–H and O–H groups in total. The van der Waals surface area contributed by atoms with Crippen LogP contribution >= 0.6 is 0 Å². The fourth-order valence-electron chi connectivity index (χ4n) is 4.58. The third-order valence-electron chi connectivity index (χ3n) is 6.45. The molecule has 1 aromatic rings. The summed E-state index contributed by atoms with van der Waals surface area (Å²) in [5.41, 5.74) is -1.89. The standard InChI is InChI=1S/C24H37F5O/c1-6-7-8-9-10-11-12-17(24(30,15(2)3)16(4)5)13-14-18-19(25)21(27)23(29)22(28)20(18)26/h15-17,30H,6-14H2,1-5H3. The number of halogens is 5. The normalized spacial score (nSPS) is 13.5. The van der Waals surface area contributed by atoms with Crippen LogP contribution in [0.3, 0.4) is 0 Å². The second kappa shape index (κ2) is 12.0. The summed E-state index contributed by atoms with van der Waals surface area (Å²) < 4.78 is 68.7. The van der Waals surface area contributed by atoms with Crippen LogP contribution in [0.15, 0.2) is 0 Å². The van der Waals surface area contributed by atoms with E-state index in [4.69, 9.17) is 0 Å². The van der Waals surface area contributed by atoms with Gasteiger partial charge in [-0.2, -0.15) is 0 Å². The lowest BCUT2D eigenvalue weighted by Crippen LogP contribution is -2.48. The van der Waals surface area contributed by atoms with Crippen LogP contribution in [0.4, 0.5) is 22.0 Å². The van der Waals surface area contributed by atoms with Gasteiger partial charge in [0.05, 0.1) is 5.60 Å². The molecule has 0 radical (unpaired) electrons. The molecule has 0 aliphatic carbocycles. The van der Waals surface area contributed by atoms with E-state index in [0.717, 1.165) is 32.1 Å². The summed E-state index contributed by atoms with van der Waals surface area (Å²) in [5, 5.41) is 11.4. The number of aliphatic hydroxyl groups is 1. The summed E-state index contributed by atoms with van der Waals surface area (Å²) >= 11 is 0. The highest BCUT2D eigenvalue weighted by Gasteiger charge is 2.42. The smallest absolute Gasteiger partial charge is 0.200 e. The molecule has 6 heteroatoms. The van der Waals surface area contributed by atoms with Gasteiger partial charge in [0.15, 0.2) is 23.3 Å². The van der Waals surface area contributed by atoms with Gasteiger partial charge >= 0.3 is 0 Å². The molecule has 30 heavy (non-hydrogen) atoms. The van der Waals surface area contributed by atoms with Crippen molar-refractivity contribution in [2.45, 2.75) is 98.0 Å². The topological polar surface area (TPSA) is 20.2 Å². The first-order chi connectivity index (χ1) is 14.0. The zero-order valence-corrected chi connectivity index (χ0v) is 18.9. The van der Waals surface area contributed by atoms with Crippen LogP contribution in [0, 0.1) is 46.8 Å². The Kier molecular flexibility index (Phi) is 10.8. The highest BCUT2D eigenvalue weighted by atomic mass is 19.2. The molecule has 1 unspecified atom stereocenters. The summed E-state index contributed by atoms with van der Waals surface area (Å²) in [6, 6.07) is 0. The lowest BCUT2D eigenvalue weighted by Gasteiger charge is -2.43. The third-order valence-corrected chi connectivity index (χ3v) is 6.45. The van der Waals surface area contributed by atoms with Gasteiger partial charge in [-0.1, -0.05) is 73.1 Å². The monoisotopic (exact) mass is 436 g/mol. The van der Waals surface area contributed by atoms with E-state index in [2.05, 4.69) is 6.92 Å². The van der Waals surface area contributed by atoms with Crippen LogP contribution < -0.4 is 0 Å². The van der Waals surface area contributed by atoms with Gasteiger partial charge in [0.25, 0.3) is 0 Å². The van der Waals surface area contributed by atoms with Crippen molar-refractivity contribution in [2.24, 2.45) is 17.8 Å². The number of rotatable bonds is 13. The first-order valence-corrected chi connectivity index (χ1v) is 11.2. The highest BCUT2D eigenvalue weighted by Crippen LogP contribution is 2.40. The van der Waals surface area contributed by atoms with E-state index in [1.807, 2.05) is 27.7 Å². The molecule has 0 aliphatic heterocycles. The molecule has 1 aromatic carbocycles. The Balaban J connectivity index is 3.04. The van der Waals surface area contributed by atoms with Crippen molar-refractivity contribution in [3.8, 4) is 0 Å². The average Bonchev–Trinajstić information content (AvgIpc) is 2.70. The van der Waals surface area contributed by atoms with E-state index in [-0.39, 0.29) is 30.6 Å². The molecule has 0 aromatic heterocycles. The molecule has 1 rings (SSSR count). The van der Waals surface area contributed by atoms with Gasteiger partial charge in [-0.3, -0.25) is 0 Å². The molecular formula is C24H37F5O. The van der Waals surface area contributed by atoms with Gasteiger partial charge < -0.3 is 5.11 Å². The van der Waals surface area contributed by atoms with E-state index in [1.165, 1.54) is 6.42 Å². The molecule has 1 nitrogen and oxygen atoms in total. The Labute approximate surface area is 178 Å². The molecule has 1 atom stereocenters. The Hall–Kier alpha value is -1.17. The largest absolute Gasteiger partial charge is 0.389 e. The summed E-state index contributed by atoms with van der Waals surface area (Å²) in [5.74, 6) is -10.1. The predicted molar refractivity (Wildman–Crippen MR) is 111 cm³/mol.